The number of hydrogen-bond acceptors (Lipinski definition) is 3. The van der Waals surface area contributed by atoms with Crippen molar-refractivity contribution in [3.05, 3.63) is 33.1 Å². The molecule has 0 N–H and O–H groups in total. The van der Waals surface area contributed by atoms with Crippen LogP contribution in [0.4, 0.5) is 5.82 Å². The minimum Gasteiger partial charge on any atom is -0.710 e. The van der Waals surface area contributed by atoms with Crippen LogP contribution in [0.15, 0.2) is 12.3 Å². The summed E-state index contributed by atoms with van der Waals surface area (Å²) < 4.78 is 0.245. The molecule has 1 aromatic rings. The van der Waals surface area contributed by atoms with Gasteiger partial charge in [0.05, 0.1) is 6.20 Å². The van der Waals surface area contributed by atoms with Gasteiger partial charge in [-0.3, -0.25) is 0 Å². The van der Waals surface area contributed by atoms with Crippen molar-refractivity contribution < 1.29 is 4.92 Å². The maximum Gasteiger partial charge on any atom is 0.328 e. The normalized spacial score (nSPS) is 9.70. The predicted octanol–water partition coefficient (Wildman–Crippen LogP) is 1.05. The van der Waals surface area contributed by atoms with E-state index in [0.717, 1.165) is 6.20 Å². The molecule has 0 amide bonds. The quantitative estimate of drug-likeness (QED) is 0.433. The fourth-order valence-electron chi connectivity index (χ4n) is 0.723. The first-order valence-corrected chi connectivity index (χ1v) is 2.63. The van der Waals surface area contributed by atoms with Gasteiger partial charge in [0, 0.05) is 5.56 Å². The van der Waals surface area contributed by atoms with E-state index >= 15 is 0 Å². The summed E-state index contributed by atoms with van der Waals surface area (Å²) in [5, 5.41) is 20.6. The van der Waals surface area contributed by atoms with Crippen LogP contribution >= 0.6 is 0 Å². The van der Waals surface area contributed by atoms with Gasteiger partial charge < -0.3 is 15.3 Å². The Bertz CT molecular complexity index is 246. The van der Waals surface area contributed by atoms with Crippen LogP contribution < -0.4 is 0 Å². The lowest BCUT2D eigenvalue weighted by Gasteiger charge is -2.01. The number of aryl methyl sites for hydroxylation is 1. The molecule has 5 nitrogen and oxygen atoms in total. The van der Waals surface area contributed by atoms with Crippen molar-refractivity contribution in [1.82, 2.24) is 4.73 Å². The van der Waals surface area contributed by atoms with Gasteiger partial charge in [-0.1, -0.05) is 0 Å². The van der Waals surface area contributed by atoms with Crippen LogP contribution in [0.1, 0.15) is 5.56 Å². The van der Waals surface area contributed by atoms with Gasteiger partial charge in [-0.15, -0.1) is 0 Å². The predicted molar refractivity (Wildman–Crippen MR) is 34.6 cm³/mol. The smallest absolute Gasteiger partial charge is 0.328 e. The zero-order valence-corrected chi connectivity index (χ0v) is 5.27. The number of aromatic nitrogens is 1. The highest BCUT2D eigenvalue weighted by Crippen LogP contribution is 2.16. The first-order valence-electron chi connectivity index (χ1n) is 2.63. The van der Waals surface area contributed by atoms with Crippen molar-refractivity contribution >= 4 is 5.82 Å². The van der Waals surface area contributed by atoms with Crippen LogP contribution in [0.2, 0.25) is 0 Å². The Balaban J connectivity index is 3.23. The van der Waals surface area contributed by atoms with Crippen molar-refractivity contribution in [3.63, 3.8) is 0 Å². The SMILES string of the molecule is Cc1ccn([O-])c1[N+](=O)[O-]. The van der Waals surface area contributed by atoms with Crippen LogP contribution in [0, 0.1) is 22.2 Å². The van der Waals surface area contributed by atoms with E-state index in [2.05, 4.69) is 0 Å². The first kappa shape index (κ1) is 6.60. The minimum atomic E-state index is -0.692. The molecule has 0 radical (unpaired) electrons. The molecule has 0 spiro atoms. The second-order valence-electron chi connectivity index (χ2n) is 1.91. The van der Waals surface area contributed by atoms with Gasteiger partial charge in [-0.25, -0.2) is 4.73 Å². The maximum atomic E-state index is 10.6. The van der Waals surface area contributed by atoms with E-state index in [1.807, 2.05) is 0 Å². The lowest BCUT2D eigenvalue weighted by atomic mass is 10.4. The Hall–Kier alpha value is -1.52. The third kappa shape index (κ3) is 0.812. The highest BCUT2D eigenvalue weighted by Gasteiger charge is 2.10. The minimum absolute atomic E-state index is 0.245. The monoisotopic (exact) mass is 141 g/mol. The Morgan fingerprint density at radius 3 is 2.50 bits per heavy atom. The lowest BCUT2D eigenvalue weighted by molar-refractivity contribution is -0.391. The molecule has 0 aliphatic heterocycles. The van der Waals surface area contributed by atoms with Gasteiger partial charge in [-0.2, -0.15) is 0 Å². The molecule has 1 aromatic heterocycles. The Morgan fingerprint density at radius 1 is 1.70 bits per heavy atom. The van der Waals surface area contributed by atoms with Crippen LogP contribution in [-0.2, 0) is 0 Å². The highest BCUT2D eigenvalue weighted by molar-refractivity contribution is 5.33. The van der Waals surface area contributed by atoms with Crippen LogP contribution in [0.25, 0.3) is 0 Å². The van der Waals surface area contributed by atoms with Gasteiger partial charge in [-0.05, 0) is 17.9 Å². The molecule has 0 aromatic carbocycles. The van der Waals surface area contributed by atoms with Gasteiger partial charge in [0.15, 0.2) is 0 Å². The van der Waals surface area contributed by atoms with Crippen LogP contribution in [-0.4, -0.2) is 9.65 Å². The van der Waals surface area contributed by atoms with Crippen LogP contribution in [0.3, 0.4) is 0 Å². The van der Waals surface area contributed by atoms with E-state index in [-0.39, 0.29) is 10.5 Å². The Morgan fingerprint density at radius 2 is 2.30 bits per heavy atom. The van der Waals surface area contributed by atoms with E-state index in [4.69, 9.17) is 0 Å². The molecular weight excluding hydrogens is 136 g/mol. The molecule has 0 bridgehead atoms. The van der Waals surface area contributed by atoms with E-state index in [9.17, 15) is 15.3 Å². The average molecular weight is 141 g/mol. The topological polar surface area (TPSA) is 71.1 Å². The summed E-state index contributed by atoms with van der Waals surface area (Å²) in [6.07, 6.45) is 1.12. The molecular formula is C5H5N2O3-. The molecule has 0 aliphatic carbocycles. The van der Waals surface area contributed by atoms with Gasteiger partial charge >= 0.3 is 5.82 Å². The van der Waals surface area contributed by atoms with Crippen molar-refractivity contribution in [2.75, 3.05) is 0 Å². The van der Waals surface area contributed by atoms with Crippen LogP contribution in [0.5, 0.6) is 0 Å². The number of rotatable bonds is 1. The summed E-state index contributed by atoms with van der Waals surface area (Å²) in [4.78, 5) is 9.40. The molecule has 0 saturated heterocycles. The number of nitrogens with zero attached hydrogens (tertiary/aromatic N) is 2. The molecule has 54 valence electrons. The second kappa shape index (κ2) is 2.02. The van der Waals surface area contributed by atoms with Crippen molar-refractivity contribution in [1.29, 1.82) is 0 Å². The summed E-state index contributed by atoms with van der Waals surface area (Å²) >= 11 is 0. The van der Waals surface area contributed by atoms with Gasteiger partial charge in [0.1, 0.15) is 0 Å². The molecule has 10 heavy (non-hydrogen) atoms. The molecule has 0 fully saturated rings. The van der Waals surface area contributed by atoms with E-state index in [1.54, 1.807) is 0 Å². The Labute approximate surface area is 56.6 Å². The largest absolute Gasteiger partial charge is 0.710 e. The van der Waals surface area contributed by atoms with Crippen molar-refractivity contribution in [2.45, 2.75) is 6.92 Å². The summed E-state index contributed by atoms with van der Waals surface area (Å²) in [7, 11) is 0. The zero-order valence-electron chi connectivity index (χ0n) is 5.27. The summed E-state index contributed by atoms with van der Waals surface area (Å²) in [6, 6.07) is 1.41. The molecule has 0 aliphatic rings. The molecule has 0 saturated carbocycles. The van der Waals surface area contributed by atoms with Gasteiger partial charge in [0.2, 0.25) is 0 Å². The fourth-order valence-corrected chi connectivity index (χ4v) is 0.723. The molecule has 1 heterocycles. The van der Waals surface area contributed by atoms with E-state index < -0.39 is 4.92 Å². The fraction of sp³-hybridized carbons (Fsp3) is 0.200. The lowest BCUT2D eigenvalue weighted by Crippen LogP contribution is -1.95. The summed E-state index contributed by atoms with van der Waals surface area (Å²) in [5.74, 6) is -0.389. The molecule has 1 rings (SSSR count). The maximum absolute atomic E-state index is 10.6. The number of nitro groups is 1. The molecule has 0 atom stereocenters. The zero-order chi connectivity index (χ0) is 7.72. The van der Waals surface area contributed by atoms with Crippen molar-refractivity contribution in [3.8, 4) is 0 Å². The second-order valence-corrected chi connectivity index (χ2v) is 1.91. The standard InChI is InChI=1S/C5H5N2O3/c1-4-2-3-6(8)5(4)7(9)10/h2-3H,1H3/q-1. The third-order valence-electron chi connectivity index (χ3n) is 1.19. The van der Waals surface area contributed by atoms with Gasteiger partial charge in [0.25, 0.3) is 0 Å². The summed E-state index contributed by atoms with van der Waals surface area (Å²) in [6.45, 7) is 1.52. The van der Waals surface area contributed by atoms with Crippen molar-refractivity contribution in [2.24, 2.45) is 0 Å². The van der Waals surface area contributed by atoms with E-state index in [1.165, 1.54) is 13.0 Å². The first-order chi connectivity index (χ1) is 4.63. The Kier molecular flexibility index (Phi) is 1.33. The van der Waals surface area contributed by atoms with E-state index in [0.29, 0.717) is 5.56 Å². The molecule has 5 heteroatoms. The third-order valence-corrected chi connectivity index (χ3v) is 1.19. The average Bonchev–Trinajstić information content (AvgIpc) is 2.11. The molecule has 0 unspecified atom stereocenters. The highest BCUT2D eigenvalue weighted by atomic mass is 16.6. The summed E-state index contributed by atoms with van der Waals surface area (Å²) in [5.41, 5.74) is 0.389. The number of hydrogen-bond donors (Lipinski definition) is 0.